The fraction of sp³-hybridized carbons (Fsp3) is 1.00. The Morgan fingerprint density at radius 1 is 0.826 bits per heavy atom. The third-order valence-corrected chi connectivity index (χ3v) is 8.68. The summed E-state index contributed by atoms with van der Waals surface area (Å²) in [6.07, 6.45) is 6.36. The number of ether oxygens (including phenoxy) is 1. The molecule has 0 saturated heterocycles. The standard InChI is InChI=1S/C16H38O3S2Si2/c1-4-9-18-22-14-7-12-20-21-13-8-15-23-19-11-6-10-17-16(3)5-2/h16H,4-15,22-23H2,1-3H3. The van der Waals surface area contributed by atoms with E-state index in [1.54, 1.807) is 0 Å². The predicted octanol–water partition coefficient (Wildman–Crippen LogP) is 3.80. The molecule has 0 amide bonds. The molecule has 0 aliphatic heterocycles. The van der Waals surface area contributed by atoms with Crippen molar-refractivity contribution < 1.29 is 13.6 Å². The summed E-state index contributed by atoms with van der Waals surface area (Å²) in [6, 6.07) is 2.66. The average molecular weight is 399 g/mol. The molecule has 0 rings (SSSR count). The van der Waals surface area contributed by atoms with Gasteiger partial charge in [-0.05, 0) is 51.1 Å². The van der Waals surface area contributed by atoms with E-state index in [2.05, 4.69) is 20.8 Å². The van der Waals surface area contributed by atoms with E-state index >= 15 is 0 Å². The van der Waals surface area contributed by atoms with E-state index in [-0.39, 0.29) is 19.5 Å². The highest BCUT2D eigenvalue weighted by molar-refractivity contribution is 8.76. The molecule has 0 heterocycles. The van der Waals surface area contributed by atoms with Gasteiger partial charge in [0.2, 0.25) is 0 Å². The molecule has 0 spiro atoms. The molecule has 140 valence electrons. The molecule has 1 atom stereocenters. The molecule has 7 heteroatoms. The van der Waals surface area contributed by atoms with Crippen LogP contribution < -0.4 is 0 Å². The zero-order chi connectivity index (χ0) is 17.0. The lowest BCUT2D eigenvalue weighted by Crippen LogP contribution is -2.10. The lowest BCUT2D eigenvalue weighted by Gasteiger charge is -2.10. The summed E-state index contributed by atoms with van der Waals surface area (Å²) in [7, 11) is 3.58. The lowest BCUT2D eigenvalue weighted by molar-refractivity contribution is 0.0556. The van der Waals surface area contributed by atoms with E-state index in [0.29, 0.717) is 6.10 Å². The topological polar surface area (TPSA) is 27.7 Å². The Balaban J connectivity index is 2.97. The SMILES string of the molecule is CCCO[SiH2]CCCSSCCC[SiH2]OCCCOC(C)CC. The highest BCUT2D eigenvalue weighted by Gasteiger charge is 1.98. The van der Waals surface area contributed by atoms with Crippen molar-refractivity contribution >= 4 is 41.1 Å². The van der Waals surface area contributed by atoms with Crippen molar-refractivity contribution in [1.82, 2.24) is 0 Å². The molecule has 1 unspecified atom stereocenters. The largest absolute Gasteiger partial charge is 0.424 e. The van der Waals surface area contributed by atoms with Crippen molar-refractivity contribution in [3.05, 3.63) is 0 Å². The van der Waals surface area contributed by atoms with E-state index < -0.39 is 0 Å². The molecule has 0 aliphatic carbocycles. The molecular formula is C16H38O3S2Si2. The Labute approximate surface area is 157 Å². The second-order valence-electron chi connectivity index (χ2n) is 5.73. The van der Waals surface area contributed by atoms with Crippen LogP contribution in [0.2, 0.25) is 12.1 Å². The first-order valence-corrected chi connectivity index (χ1v) is 15.0. The van der Waals surface area contributed by atoms with Gasteiger partial charge in [-0.15, -0.1) is 0 Å². The number of hydrogen-bond acceptors (Lipinski definition) is 5. The highest BCUT2D eigenvalue weighted by atomic mass is 33.1. The third-order valence-electron chi connectivity index (χ3n) is 3.37. The van der Waals surface area contributed by atoms with E-state index in [4.69, 9.17) is 13.6 Å². The fourth-order valence-electron chi connectivity index (χ4n) is 1.76. The minimum atomic E-state index is -0.286. The predicted molar refractivity (Wildman–Crippen MR) is 113 cm³/mol. The van der Waals surface area contributed by atoms with Crippen molar-refractivity contribution in [2.75, 3.05) is 31.3 Å². The Bertz CT molecular complexity index is 228. The van der Waals surface area contributed by atoms with Gasteiger partial charge in [-0.2, -0.15) is 0 Å². The lowest BCUT2D eigenvalue weighted by atomic mass is 10.3. The fourth-order valence-corrected chi connectivity index (χ4v) is 7.00. The van der Waals surface area contributed by atoms with Crippen LogP contribution in [0.4, 0.5) is 0 Å². The van der Waals surface area contributed by atoms with Crippen molar-refractivity contribution in [1.29, 1.82) is 0 Å². The van der Waals surface area contributed by atoms with Gasteiger partial charge in [0.15, 0.2) is 19.5 Å². The summed E-state index contributed by atoms with van der Waals surface area (Å²) in [4.78, 5) is 0. The maximum absolute atomic E-state index is 5.77. The van der Waals surface area contributed by atoms with Crippen molar-refractivity contribution in [2.24, 2.45) is 0 Å². The smallest absolute Gasteiger partial charge is 0.161 e. The van der Waals surface area contributed by atoms with Crippen LogP contribution in [0.3, 0.4) is 0 Å². The second kappa shape index (κ2) is 21.1. The van der Waals surface area contributed by atoms with Gasteiger partial charge >= 0.3 is 0 Å². The minimum absolute atomic E-state index is 0.208. The molecule has 0 bridgehead atoms. The average Bonchev–Trinajstić information content (AvgIpc) is 2.57. The van der Waals surface area contributed by atoms with Crippen LogP contribution in [-0.2, 0) is 13.6 Å². The maximum atomic E-state index is 5.77. The third kappa shape index (κ3) is 21.0. The highest BCUT2D eigenvalue weighted by Crippen LogP contribution is 2.23. The van der Waals surface area contributed by atoms with Crippen molar-refractivity contribution in [3.8, 4) is 0 Å². The van der Waals surface area contributed by atoms with Gasteiger partial charge < -0.3 is 13.6 Å². The van der Waals surface area contributed by atoms with Crippen LogP contribution in [-0.4, -0.2) is 57.0 Å². The van der Waals surface area contributed by atoms with Crippen LogP contribution in [0.15, 0.2) is 0 Å². The molecule has 3 nitrogen and oxygen atoms in total. The second-order valence-corrected chi connectivity index (χ2v) is 11.5. The van der Waals surface area contributed by atoms with Crippen molar-refractivity contribution in [2.45, 2.75) is 71.1 Å². The van der Waals surface area contributed by atoms with E-state index in [0.717, 1.165) is 39.1 Å². The Morgan fingerprint density at radius 3 is 2.00 bits per heavy atom. The monoisotopic (exact) mass is 398 g/mol. The Hall–Kier alpha value is 1.01. The zero-order valence-corrected chi connectivity index (χ0v) is 20.0. The van der Waals surface area contributed by atoms with Crippen LogP contribution in [0.25, 0.3) is 0 Å². The summed E-state index contributed by atoms with van der Waals surface area (Å²) < 4.78 is 17.0. The molecule has 0 aromatic carbocycles. The number of rotatable bonds is 19. The molecule has 0 saturated carbocycles. The zero-order valence-electron chi connectivity index (χ0n) is 15.5. The first kappa shape index (κ1) is 24.0. The van der Waals surface area contributed by atoms with E-state index in [1.807, 2.05) is 21.6 Å². The van der Waals surface area contributed by atoms with E-state index in [9.17, 15) is 0 Å². The van der Waals surface area contributed by atoms with Gasteiger partial charge in [0.25, 0.3) is 0 Å². The van der Waals surface area contributed by atoms with Crippen LogP contribution in [0.1, 0.15) is 52.9 Å². The van der Waals surface area contributed by atoms with Gasteiger partial charge in [-0.1, -0.05) is 35.4 Å². The van der Waals surface area contributed by atoms with E-state index in [1.165, 1.54) is 36.4 Å². The minimum Gasteiger partial charge on any atom is -0.424 e. The first-order chi connectivity index (χ1) is 11.3. The van der Waals surface area contributed by atoms with Gasteiger partial charge in [-0.25, -0.2) is 0 Å². The Kier molecular flexibility index (Phi) is 22.0. The van der Waals surface area contributed by atoms with Gasteiger partial charge in [0, 0.05) is 31.3 Å². The molecule has 0 radical (unpaired) electrons. The summed E-state index contributed by atoms with van der Waals surface area (Å²) in [5, 5.41) is 0. The van der Waals surface area contributed by atoms with Crippen LogP contribution in [0.5, 0.6) is 0 Å². The van der Waals surface area contributed by atoms with Crippen molar-refractivity contribution in [3.63, 3.8) is 0 Å². The summed E-state index contributed by atoms with van der Waals surface area (Å²) in [6.45, 7) is 9.20. The molecular weight excluding hydrogens is 360 g/mol. The quantitative estimate of drug-likeness (QED) is 0.187. The van der Waals surface area contributed by atoms with Gasteiger partial charge in [0.05, 0.1) is 6.10 Å². The summed E-state index contributed by atoms with van der Waals surface area (Å²) >= 11 is 0. The van der Waals surface area contributed by atoms with Crippen LogP contribution >= 0.6 is 21.6 Å². The summed E-state index contributed by atoms with van der Waals surface area (Å²) in [5.74, 6) is 2.57. The van der Waals surface area contributed by atoms with Gasteiger partial charge in [-0.3, -0.25) is 0 Å². The van der Waals surface area contributed by atoms with Crippen LogP contribution in [0, 0.1) is 0 Å². The Morgan fingerprint density at radius 2 is 1.43 bits per heavy atom. The molecule has 0 aliphatic rings. The number of hydrogen-bond donors (Lipinski definition) is 0. The van der Waals surface area contributed by atoms with Gasteiger partial charge in [0.1, 0.15) is 0 Å². The first-order valence-electron chi connectivity index (χ1n) is 9.32. The summed E-state index contributed by atoms with van der Waals surface area (Å²) in [5.41, 5.74) is 0. The molecule has 23 heavy (non-hydrogen) atoms. The molecule has 0 N–H and O–H groups in total. The molecule has 0 aromatic rings. The molecule has 0 fully saturated rings. The normalized spacial score (nSPS) is 13.7. The molecule has 0 aromatic heterocycles. The maximum Gasteiger partial charge on any atom is 0.161 e.